The maximum atomic E-state index is 13.3. The minimum absolute atomic E-state index is 0.116. The lowest BCUT2D eigenvalue weighted by molar-refractivity contribution is -0.166. The van der Waals surface area contributed by atoms with Gasteiger partial charge in [-0.1, -0.05) is 25.0 Å². The quantitative estimate of drug-likeness (QED) is 0.740. The van der Waals surface area contributed by atoms with Gasteiger partial charge in [-0.25, -0.2) is 0 Å². The Morgan fingerprint density at radius 1 is 1.21 bits per heavy atom. The molecule has 1 aliphatic heterocycles. The third kappa shape index (κ3) is 3.69. The van der Waals surface area contributed by atoms with Gasteiger partial charge in [-0.2, -0.15) is 0 Å². The van der Waals surface area contributed by atoms with E-state index < -0.39 is 29.5 Å². The number of nitrogens with one attached hydrogen (secondary N) is 1. The largest absolute Gasteiger partial charge is 0.497 e. The summed E-state index contributed by atoms with van der Waals surface area (Å²) in [4.78, 5) is 39.8. The minimum atomic E-state index is -1.03. The van der Waals surface area contributed by atoms with Crippen molar-refractivity contribution in [1.82, 2.24) is 10.2 Å². The topological polar surface area (TPSA) is 111 Å². The fourth-order valence-corrected chi connectivity index (χ4v) is 4.49. The normalized spacial score (nSPS) is 26.2. The number of carbonyl (C=O) groups is 3. The smallest absolute Gasteiger partial charge is 0.252 e. The van der Waals surface area contributed by atoms with Crippen LogP contribution < -0.4 is 15.8 Å². The molecule has 0 aromatic heterocycles. The van der Waals surface area contributed by atoms with Crippen LogP contribution in [-0.2, 0) is 19.1 Å². The highest BCUT2D eigenvalue weighted by atomic mass is 16.5. The highest BCUT2D eigenvalue weighted by Gasteiger charge is 2.50. The van der Waals surface area contributed by atoms with Crippen LogP contribution >= 0.6 is 0 Å². The summed E-state index contributed by atoms with van der Waals surface area (Å²) < 4.78 is 11.0. The first-order chi connectivity index (χ1) is 13.9. The van der Waals surface area contributed by atoms with Gasteiger partial charge in [0.05, 0.1) is 13.2 Å². The summed E-state index contributed by atoms with van der Waals surface area (Å²) in [5.41, 5.74) is 5.39. The van der Waals surface area contributed by atoms with Crippen molar-refractivity contribution in [1.29, 1.82) is 0 Å². The molecule has 1 heterocycles. The molecule has 0 unspecified atom stereocenters. The summed E-state index contributed by atoms with van der Waals surface area (Å²) >= 11 is 0. The van der Waals surface area contributed by atoms with Crippen molar-refractivity contribution in [2.24, 2.45) is 5.73 Å². The Hall–Kier alpha value is -2.61. The van der Waals surface area contributed by atoms with Crippen LogP contribution in [0.1, 0.15) is 50.1 Å². The van der Waals surface area contributed by atoms with Crippen molar-refractivity contribution in [3.05, 3.63) is 29.8 Å². The average molecular weight is 401 g/mol. The molecule has 3 aliphatic rings. The van der Waals surface area contributed by atoms with E-state index in [0.717, 1.165) is 31.2 Å². The third-order valence-corrected chi connectivity index (χ3v) is 6.21. The van der Waals surface area contributed by atoms with Gasteiger partial charge in [0, 0.05) is 6.04 Å². The number of amides is 3. The summed E-state index contributed by atoms with van der Waals surface area (Å²) in [7, 11) is 1.58. The first kappa shape index (κ1) is 19.7. The van der Waals surface area contributed by atoms with Gasteiger partial charge in [0.25, 0.3) is 5.91 Å². The molecule has 1 aromatic rings. The molecule has 4 rings (SSSR count). The van der Waals surface area contributed by atoms with Gasteiger partial charge in [-0.3, -0.25) is 14.4 Å². The fourth-order valence-electron chi connectivity index (χ4n) is 4.49. The van der Waals surface area contributed by atoms with E-state index in [2.05, 4.69) is 5.32 Å². The molecule has 0 spiro atoms. The molecule has 2 saturated carbocycles. The lowest BCUT2D eigenvalue weighted by atomic mass is 9.93. The molecule has 29 heavy (non-hydrogen) atoms. The Morgan fingerprint density at radius 3 is 2.41 bits per heavy atom. The standard InChI is InChI=1S/C21H27N3O5/c1-28-15-8-4-13(5-9-15)17-18(29-12-16(25)24(17)14-6-7-14)19(26)23-21(20(22)27)10-2-3-11-21/h4-5,8-9,14,17-18H,2-3,6-7,10-12H2,1H3,(H2,22,27)(H,23,26)/t17-,18+/m1/s1. The second kappa shape index (κ2) is 7.67. The van der Waals surface area contributed by atoms with Crippen LogP contribution in [0.5, 0.6) is 5.75 Å². The number of carbonyl (C=O) groups excluding carboxylic acids is 3. The van der Waals surface area contributed by atoms with Crippen LogP contribution in [0.4, 0.5) is 0 Å². The Balaban J connectivity index is 1.64. The molecule has 0 bridgehead atoms. The van der Waals surface area contributed by atoms with Crippen LogP contribution in [0, 0.1) is 0 Å². The minimum Gasteiger partial charge on any atom is -0.497 e. The predicted octanol–water partition coefficient (Wildman–Crippen LogP) is 1.04. The van der Waals surface area contributed by atoms with Crippen LogP contribution in [-0.4, -0.2) is 54.0 Å². The molecule has 3 N–H and O–H groups in total. The maximum absolute atomic E-state index is 13.3. The van der Waals surface area contributed by atoms with Crippen LogP contribution in [0.2, 0.25) is 0 Å². The van der Waals surface area contributed by atoms with E-state index in [-0.39, 0.29) is 18.6 Å². The SMILES string of the molecule is COc1ccc([C@@H]2[C@@H](C(=O)NC3(C(N)=O)CCCC3)OCC(=O)N2C2CC2)cc1. The van der Waals surface area contributed by atoms with Gasteiger partial charge in [0.15, 0.2) is 6.10 Å². The van der Waals surface area contributed by atoms with Crippen molar-refractivity contribution >= 4 is 17.7 Å². The molecule has 1 aromatic carbocycles. The monoisotopic (exact) mass is 401 g/mol. The highest BCUT2D eigenvalue weighted by molar-refractivity contribution is 5.93. The van der Waals surface area contributed by atoms with Gasteiger partial charge >= 0.3 is 0 Å². The number of morpholine rings is 1. The number of primary amides is 1. The average Bonchev–Trinajstić information content (AvgIpc) is 3.44. The Labute approximate surface area is 169 Å². The number of benzene rings is 1. The maximum Gasteiger partial charge on any atom is 0.252 e. The second-order valence-corrected chi connectivity index (χ2v) is 8.12. The molecule has 0 radical (unpaired) electrons. The van der Waals surface area contributed by atoms with E-state index in [0.29, 0.717) is 18.6 Å². The van der Waals surface area contributed by atoms with Crippen molar-refractivity contribution in [2.75, 3.05) is 13.7 Å². The van der Waals surface area contributed by atoms with E-state index in [1.165, 1.54) is 0 Å². The third-order valence-electron chi connectivity index (χ3n) is 6.21. The summed E-state index contributed by atoms with van der Waals surface area (Å²) in [5.74, 6) is -0.350. The first-order valence-corrected chi connectivity index (χ1v) is 10.1. The second-order valence-electron chi connectivity index (χ2n) is 8.12. The predicted molar refractivity (Wildman–Crippen MR) is 104 cm³/mol. The van der Waals surface area contributed by atoms with Gasteiger partial charge in [-0.15, -0.1) is 0 Å². The highest BCUT2D eigenvalue weighted by Crippen LogP contribution is 2.40. The number of nitrogens with zero attached hydrogens (tertiary/aromatic N) is 1. The molecule has 8 heteroatoms. The van der Waals surface area contributed by atoms with Gasteiger partial charge in [0.1, 0.15) is 17.9 Å². The van der Waals surface area contributed by atoms with Gasteiger partial charge < -0.3 is 25.4 Å². The summed E-state index contributed by atoms with van der Waals surface area (Å²) in [6.07, 6.45) is 3.65. The fraction of sp³-hybridized carbons (Fsp3) is 0.571. The van der Waals surface area contributed by atoms with Crippen molar-refractivity contribution in [3.8, 4) is 5.75 Å². The zero-order chi connectivity index (χ0) is 20.6. The number of nitrogens with two attached hydrogens (primary N) is 1. The van der Waals surface area contributed by atoms with Gasteiger partial charge in [-0.05, 0) is 43.4 Å². The number of hydrogen-bond acceptors (Lipinski definition) is 5. The Bertz CT molecular complexity index is 799. The van der Waals surface area contributed by atoms with E-state index in [9.17, 15) is 14.4 Å². The Morgan fingerprint density at radius 2 is 1.86 bits per heavy atom. The number of ether oxygens (including phenoxy) is 2. The van der Waals surface area contributed by atoms with E-state index in [1.807, 2.05) is 12.1 Å². The van der Waals surface area contributed by atoms with Crippen molar-refractivity contribution < 1.29 is 23.9 Å². The molecule has 8 nitrogen and oxygen atoms in total. The molecule has 3 amide bonds. The van der Waals surface area contributed by atoms with Gasteiger partial charge in [0.2, 0.25) is 11.8 Å². The van der Waals surface area contributed by atoms with E-state index in [4.69, 9.17) is 15.2 Å². The molecular formula is C21H27N3O5. The number of hydrogen-bond donors (Lipinski definition) is 2. The Kier molecular flexibility index (Phi) is 5.21. The molecule has 2 aliphatic carbocycles. The lowest BCUT2D eigenvalue weighted by Crippen LogP contribution is -2.61. The van der Waals surface area contributed by atoms with Crippen LogP contribution in [0.3, 0.4) is 0 Å². The molecule has 2 atom stereocenters. The van der Waals surface area contributed by atoms with Crippen LogP contribution in [0.25, 0.3) is 0 Å². The zero-order valence-corrected chi connectivity index (χ0v) is 16.6. The lowest BCUT2D eigenvalue weighted by Gasteiger charge is -2.42. The summed E-state index contributed by atoms with van der Waals surface area (Å²) in [5, 5.41) is 2.88. The molecule has 1 saturated heterocycles. The van der Waals surface area contributed by atoms with Crippen molar-refractivity contribution in [3.63, 3.8) is 0 Å². The summed E-state index contributed by atoms with van der Waals surface area (Å²) in [6, 6.07) is 6.86. The number of methoxy groups -OCH3 is 1. The van der Waals surface area contributed by atoms with Crippen molar-refractivity contribution in [2.45, 2.75) is 62.3 Å². The van der Waals surface area contributed by atoms with Crippen LogP contribution in [0.15, 0.2) is 24.3 Å². The molecule has 156 valence electrons. The van der Waals surface area contributed by atoms with E-state index in [1.54, 1.807) is 24.1 Å². The van der Waals surface area contributed by atoms with E-state index >= 15 is 0 Å². The molecule has 3 fully saturated rings. The zero-order valence-electron chi connectivity index (χ0n) is 16.6. The first-order valence-electron chi connectivity index (χ1n) is 10.1. The molecular weight excluding hydrogens is 374 g/mol. The number of rotatable bonds is 6. The summed E-state index contributed by atoms with van der Waals surface area (Å²) in [6.45, 7) is -0.148.